The maximum Gasteiger partial charge on any atom is 0.148 e. The SMILES string of the molecule is c1cc(C2CCCCC2)nnc1NC1CC1. The molecule has 0 atom stereocenters. The number of nitrogens with one attached hydrogen (secondary N) is 1. The van der Waals surface area contributed by atoms with E-state index in [2.05, 4.69) is 27.6 Å². The first kappa shape index (κ1) is 10.1. The molecule has 2 saturated carbocycles. The van der Waals surface area contributed by atoms with E-state index >= 15 is 0 Å². The summed E-state index contributed by atoms with van der Waals surface area (Å²) in [7, 11) is 0. The third-order valence-corrected chi connectivity index (χ3v) is 3.64. The van der Waals surface area contributed by atoms with E-state index in [1.54, 1.807) is 0 Å². The van der Waals surface area contributed by atoms with Crippen molar-refractivity contribution in [3.05, 3.63) is 17.8 Å². The van der Waals surface area contributed by atoms with Crippen LogP contribution in [0.25, 0.3) is 0 Å². The predicted octanol–water partition coefficient (Wildman–Crippen LogP) is 3.10. The number of aromatic nitrogens is 2. The van der Waals surface area contributed by atoms with Crippen LogP contribution in [0.15, 0.2) is 12.1 Å². The van der Waals surface area contributed by atoms with Gasteiger partial charge in [0.15, 0.2) is 0 Å². The maximum absolute atomic E-state index is 4.37. The van der Waals surface area contributed by atoms with Gasteiger partial charge in [0.2, 0.25) is 0 Å². The van der Waals surface area contributed by atoms with Crippen molar-refractivity contribution in [3.63, 3.8) is 0 Å². The van der Waals surface area contributed by atoms with Crippen molar-refractivity contribution >= 4 is 5.82 Å². The van der Waals surface area contributed by atoms with Crippen LogP contribution in [0.3, 0.4) is 0 Å². The Hall–Kier alpha value is -1.12. The Labute approximate surface area is 96.7 Å². The fourth-order valence-corrected chi connectivity index (χ4v) is 2.47. The normalized spacial score (nSPS) is 22.0. The van der Waals surface area contributed by atoms with E-state index in [9.17, 15) is 0 Å². The lowest BCUT2D eigenvalue weighted by Crippen LogP contribution is -2.09. The van der Waals surface area contributed by atoms with Crippen molar-refractivity contribution in [2.45, 2.75) is 56.9 Å². The van der Waals surface area contributed by atoms with E-state index in [0.29, 0.717) is 12.0 Å². The lowest BCUT2D eigenvalue weighted by atomic mass is 9.87. The highest BCUT2D eigenvalue weighted by Crippen LogP contribution is 2.31. The topological polar surface area (TPSA) is 37.8 Å². The molecule has 0 spiro atoms. The van der Waals surface area contributed by atoms with Crippen LogP contribution in [0.4, 0.5) is 5.82 Å². The molecule has 0 aliphatic heterocycles. The Balaban J connectivity index is 1.65. The van der Waals surface area contributed by atoms with E-state index in [-0.39, 0.29) is 0 Å². The monoisotopic (exact) mass is 217 g/mol. The molecule has 16 heavy (non-hydrogen) atoms. The highest BCUT2D eigenvalue weighted by Gasteiger charge is 2.22. The van der Waals surface area contributed by atoms with E-state index in [1.807, 2.05) is 0 Å². The second-order valence-corrected chi connectivity index (χ2v) is 5.10. The van der Waals surface area contributed by atoms with Gasteiger partial charge in [0, 0.05) is 12.0 Å². The molecule has 2 aliphatic rings. The van der Waals surface area contributed by atoms with E-state index in [1.165, 1.54) is 50.6 Å². The molecule has 0 saturated heterocycles. The Morgan fingerprint density at radius 3 is 2.38 bits per heavy atom. The number of nitrogens with zero attached hydrogens (tertiary/aromatic N) is 2. The van der Waals surface area contributed by atoms with Crippen molar-refractivity contribution in [2.75, 3.05) is 5.32 Å². The Kier molecular flexibility index (Phi) is 2.77. The number of hydrogen-bond acceptors (Lipinski definition) is 3. The van der Waals surface area contributed by atoms with Crippen molar-refractivity contribution in [2.24, 2.45) is 0 Å². The van der Waals surface area contributed by atoms with Gasteiger partial charge in [0.25, 0.3) is 0 Å². The molecule has 0 bridgehead atoms. The second kappa shape index (κ2) is 4.40. The van der Waals surface area contributed by atoms with Crippen LogP contribution in [0.2, 0.25) is 0 Å². The van der Waals surface area contributed by atoms with Gasteiger partial charge in [0.1, 0.15) is 5.82 Å². The minimum Gasteiger partial charge on any atom is -0.366 e. The molecule has 86 valence electrons. The zero-order valence-electron chi connectivity index (χ0n) is 9.65. The van der Waals surface area contributed by atoms with Gasteiger partial charge in [-0.05, 0) is 37.8 Å². The highest BCUT2D eigenvalue weighted by molar-refractivity contribution is 5.36. The minimum absolute atomic E-state index is 0.662. The molecule has 0 unspecified atom stereocenters. The summed E-state index contributed by atoms with van der Waals surface area (Å²) in [6.07, 6.45) is 9.26. The fourth-order valence-electron chi connectivity index (χ4n) is 2.47. The molecule has 1 aromatic heterocycles. The summed E-state index contributed by atoms with van der Waals surface area (Å²) < 4.78 is 0. The fraction of sp³-hybridized carbons (Fsp3) is 0.692. The lowest BCUT2D eigenvalue weighted by Gasteiger charge is -2.20. The number of hydrogen-bond donors (Lipinski definition) is 1. The number of anilines is 1. The third-order valence-electron chi connectivity index (χ3n) is 3.64. The van der Waals surface area contributed by atoms with Gasteiger partial charge in [0.05, 0.1) is 5.69 Å². The van der Waals surface area contributed by atoms with Crippen LogP contribution in [0.5, 0.6) is 0 Å². The summed E-state index contributed by atoms with van der Waals surface area (Å²) in [6, 6.07) is 4.91. The van der Waals surface area contributed by atoms with Gasteiger partial charge in [-0.1, -0.05) is 19.3 Å². The third kappa shape index (κ3) is 2.34. The van der Waals surface area contributed by atoms with Gasteiger partial charge >= 0.3 is 0 Å². The summed E-state index contributed by atoms with van der Waals surface area (Å²) in [5.41, 5.74) is 1.20. The van der Waals surface area contributed by atoms with Crippen LogP contribution < -0.4 is 5.32 Å². The minimum atomic E-state index is 0.662. The molecule has 2 aliphatic carbocycles. The standard InChI is InChI=1S/C13H19N3/c1-2-4-10(5-3-1)12-8-9-13(16-15-12)14-11-6-7-11/h8-11H,1-7H2,(H,14,16). The average Bonchev–Trinajstić information content (AvgIpc) is 3.15. The van der Waals surface area contributed by atoms with Crippen molar-refractivity contribution in [1.29, 1.82) is 0 Å². The van der Waals surface area contributed by atoms with Crippen LogP contribution in [-0.4, -0.2) is 16.2 Å². The molecule has 0 amide bonds. The zero-order valence-corrected chi connectivity index (χ0v) is 9.65. The second-order valence-electron chi connectivity index (χ2n) is 5.10. The summed E-state index contributed by atoms with van der Waals surface area (Å²) >= 11 is 0. The summed E-state index contributed by atoms with van der Waals surface area (Å²) in [5.74, 6) is 1.61. The van der Waals surface area contributed by atoms with Gasteiger partial charge in [-0.3, -0.25) is 0 Å². The quantitative estimate of drug-likeness (QED) is 0.845. The molecule has 1 aromatic rings. The predicted molar refractivity (Wildman–Crippen MR) is 64.5 cm³/mol. The molecular formula is C13H19N3. The smallest absolute Gasteiger partial charge is 0.148 e. The van der Waals surface area contributed by atoms with Crippen LogP contribution in [0, 0.1) is 0 Å². The summed E-state index contributed by atoms with van der Waals surface area (Å²) in [6.45, 7) is 0. The van der Waals surface area contributed by atoms with Crippen LogP contribution >= 0.6 is 0 Å². The molecule has 1 heterocycles. The van der Waals surface area contributed by atoms with E-state index < -0.39 is 0 Å². The lowest BCUT2D eigenvalue weighted by molar-refractivity contribution is 0.434. The molecule has 0 radical (unpaired) electrons. The molecule has 1 N–H and O–H groups in total. The summed E-state index contributed by atoms with van der Waals surface area (Å²) in [4.78, 5) is 0. The van der Waals surface area contributed by atoms with Crippen LogP contribution in [-0.2, 0) is 0 Å². The number of rotatable bonds is 3. The molecule has 3 nitrogen and oxygen atoms in total. The average molecular weight is 217 g/mol. The zero-order chi connectivity index (χ0) is 10.8. The Bertz CT molecular complexity index is 337. The first-order valence-corrected chi connectivity index (χ1v) is 6.52. The molecule has 3 rings (SSSR count). The van der Waals surface area contributed by atoms with Gasteiger partial charge < -0.3 is 5.32 Å². The first-order chi connectivity index (χ1) is 7.92. The maximum atomic E-state index is 4.37. The van der Waals surface area contributed by atoms with Crippen molar-refractivity contribution in [1.82, 2.24) is 10.2 Å². The van der Waals surface area contributed by atoms with Crippen molar-refractivity contribution in [3.8, 4) is 0 Å². The van der Waals surface area contributed by atoms with E-state index in [4.69, 9.17) is 0 Å². The Morgan fingerprint density at radius 2 is 1.75 bits per heavy atom. The molecule has 3 heteroatoms. The molecule has 2 fully saturated rings. The van der Waals surface area contributed by atoms with Gasteiger partial charge in [-0.25, -0.2) is 0 Å². The Morgan fingerprint density at radius 1 is 0.938 bits per heavy atom. The molecule has 0 aromatic carbocycles. The first-order valence-electron chi connectivity index (χ1n) is 6.52. The van der Waals surface area contributed by atoms with E-state index in [0.717, 1.165) is 5.82 Å². The molecular weight excluding hydrogens is 198 g/mol. The van der Waals surface area contributed by atoms with Gasteiger partial charge in [-0.15, -0.1) is 5.10 Å². The van der Waals surface area contributed by atoms with Gasteiger partial charge in [-0.2, -0.15) is 5.10 Å². The van der Waals surface area contributed by atoms with Crippen molar-refractivity contribution < 1.29 is 0 Å². The van der Waals surface area contributed by atoms with Crippen LogP contribution in [0.1, 0.15) is 56.6 Å². The highest BCUT2D eigenvalue weighted by atomic mass is 15.2. The largest absolute Gasteiger partial charge is 0.366 e. The summed E-state index contributed by atoms with van der Waals surface area (Å²) in [5, 5.41) is 12.0.